The van der Waals surface area contributed by atoms with Crippen LogP contribution in [0, 0.1) is 0 Å². The lowest BCUT2D eigenvalue weighted by molar-refractivity contribution is 0.0950. The van der Waals surface area contributed by atoms with Crippen molar-refractivity contribution < 1.29 is 14.3 Å². The summed E-state index contributed by atoms with van der Waals surface area (Å²) in [6.07, 6.45) is 0. The average molecular weight is 302 g/mol. The zero-order valence-corrected chi connectivity index (χ0v) is 11.7. The molecule has 0 aliphatic carbocycles. The Hall–Kier alpha value is -1.23. The smallest absolute Gasteiger partial charge is 0.255 e. The molecule has 0 aliphatic rings. The molecule has 1 amide bonds. The van der Waals surface area contributed by atoms with E-state index in [0.717, 1.165) is 0 Å². The molecule has 0 aromatic heterocycles. The van der Waals surface area contributed by atoms with Crippen molar-refractivity contribution in [3.8, 4) is 11.5 Å². The maximum Gasteiger partial charge on any atom is 0.255 e. The number of nitrogens with one attached hydrogen (secondary N) is 1. The van der Waals surface area contributed by atoms with Gasteiger partial charge in [0, 0.05) is 11.4 Å². The second-order valence-electron chi connectivity index (χ2n) is 3.53. The van der Waals surface area contributed by atoms with Crippen molar-refractivity contribution in [2.45, 2.75) is 11.8 Å². The summed E-state index contributed by atoms with van der Waals surface area (Å²) in [6.45, 7) is 2.52. The van der Waals surface area contributed by atoms with Crippen molar-refractivity contribution in [3.05, 3.63) is 23.8 Å². The number of alkyl halides is 1. The third kappa shape index (κ3) is 3.63. The SMILES string of the molecule is COc1cccc(C(=O)NCC(C)Br)c1OC. The highest BCUT2D eigenvalue weighted by atomic mass is 79.9. The van der Waals surface area contributed by atoms with E-state index in [1.165, 1.54) is 7.11 Å². The number of para-hydroxylation sites is 1. The molecule has 0 saturated carbocycles. The van der Waals surface area contributed by atoms with E-state index in [2.05, 4.69) is 21.2 Å². The van der Waals surface area contributed by atoms with Crippen LogP contribution in [0.3, 0.4) is 0 Å². The molecule has 1 rings (SSSR count). The predicted octanol–water partition coefficient (Wildman–Crippen LogP) is 2.22. The lowest BCUT2D eigenvalue weighted by Crippen LogP contribution is -2.28. The number of carbonyl (C=O) groups excluding carboxylic acids is 1. The zero-order valence-electron chi connectivity index (χ0n) is 10.1. The van der Waals surface area contributed by atoms with Crippen LogP contribution in [0.2, 0.25) is 0 Å². The van der Waals surface area contributed by atoms with Gasteiger partial charge in [-0.25, -0.2) is 0 Å². The van der Waals surface area contributed by atoms with Gasteiger partial charge in [-0.15, -0.1) is 0 Å². The van der Waals surface area contributed by atoms with E-state index in [1.807, 2.05) is 6.92 Å². The monoisotopic (exact) mass is 301 g/mol. The topological polar surface area (TPSA) is 47.6 Å². The molecule has 0 spiro atoms. The second-order valence-corrected chi connectivity index (χ2v) is 5.10. The third-order valence-corrected chi connectivity index (χ3v) is 2.52. The minimum atomic E-state index is -0.174. The number of amides is 1. The Morgan fingerprint density at radius 2 is 2.12 bits per heavy atom. The van der Waals surface area contributed by atoms with Crippen LogP contribution in [0.5, 0.6) is 11.5 Å². The molecule has 1 atom stereocenters. The van der Waals surface area contributed by atoms with Crippen LogP contribution in [0.25, 0.3) is 0 Å². The van der Waals surface area contributed by atoms with Crippen LogP contribution in [0.15, 0.2) is 18.2 Å². The van der Waals surface area contributed by atoms with Gasteiger partial charge in [0.1, 0.15) is 0 Å². The summed E-state index contributed by atoms with van der Waals surface area (Å²) in [7, 11) is 3.06. The Balaban J connectivity index is 2.92. The average Bonchev–Trinajstić information content (AvgIpc) is 2.34. The van der Waals surface area contributed by atoms with Gasteiger partial charge in [0.25, 0.3) is 5.91 Å². The van der Waals surface area contributed by atoms with Crippen LogP contribution >= 0.6 is 15.9 Å². The van der Waals surface area contributed by atoms with Gasteiger partial charge < -0.3 is 14.8 Å². The number of benzene rings is 1. The summed E-state index contributed by atoms with van der Waals surface area (Å²) in [4.78, 5) is 12.2. The van der Waals surface area contributed by atoms with Gasteiger partial charge in [0.2, 0.25) is 0 Å². The lowest BCUT2D eigenvalue weighted by Gasteiger charge is -2.13. The van der Waals surface area contributed by atoms with Gasteiger partial charge in [-0.3, -0.25) is 4.79 Å². The van der Waals surface area contributed by atoms with Crippen LogP contribution in [-0.2, 0) is 0 Å². The largest absolute Gasteiger partial charge is 0.493 e. The first-order valence-electron chi connectivity index (χ1n) is 5.23. The normalized spacial score (nSPS) is 11.8. The standard InChI is InChI=1S/C12H16BrNO3/c1-8(13)7-14-12(15)9-5-4-6-10(16-2)11(9)17-3/h4-6,8H,7H2,1-3H3,(H,14,15). The number of rotatable bonds is 5. The highest BCUT2D eigenvalue weighted by molar-refractivity contribution is 9.09. The number of ether oxygens (including phenoxy) is 2. The Kier molecular flexibility index (Phi) is 5.28. The molecule has 1 aromatic carbocycles. The number of halogens is 1. The summed E-state index contributed by atoms with van der Waals surface area (Å²) < 4.78 is 10.3. The van der Waals surface area contributed by atoms with Crippen molar-refractivity contribution in [2.24, 2.45) is 0 Å². The Morgan fingerprint density at radius 1 is 1.41 bits per heavy atom. The Bertz CT molecular complexity index is 393. The predicted molar refractivity (Wildman–Crippen MR) is 70.3 cm³/mol. The van der Waals surface area contributed by atoms with Crippen molar-refractivity contribution in [2.75, 3.05) is 20.8 Å². The molecule has 1 unspecified atom stereocenters. The van der Waals surface area contributed by atoms with E-state index < -0.39 is 0 Å². The fraction of sp³-hybridized carbons (Fsp3) is 0.417. The molecule has 0 fully saturated rings. The molecular formula is C12H16BrNO3. The number of carbonyl (C=O) groups is 1. The molecule has 0 bridgehead atoms. The van der Waals surface area contributed by atoms with Crippen LogP contribution in [0.4, 0.5) is 0 Å². The molecule has 4 nitrogen and oxygen atoms in total. The van der Waals surface area contributed by atoms with E-state index in [4.69, 9.17) is 9.47 Å². The maximum absolute atomic E-state index is 11.9. The summed E-state index contributed by atoms with van der Waals surface area (Å²) in [6, 6.07) is 5.21. The first kappa shape index (κ1) is 13.8. The fourth-order valence-electron chi connectivity index (χ4n) is 1.39. The van der Waals surface area contributed by atoms with Gasteiger partial charge in [-0.2, -0.15) is 0 Å². The van der Waals surface area contributed by atoms with Crippen molar-refractivity contribution in [1.82, 2.24) is 5.32 Å². The first-order valence-corrected chi connectivity index (χ1v) is 6.15. The van der Waals surface area contributed by atoms with E-state index in [1.54, 1.807) is 25.3 Å². The molecule has 0 saturated heterocycles. The fourth-order valence-corrected chi connectivity index (χ4v) is 1.56. The maximum atomic E-state index is 11.9. The first-order chi connectivity index (χ1) is 8.10. The van der Waals surface area contributed by atoms with Gasteiger partial charge in [0.15, 0.2) is 11.5 Å². The quantitative estimate of drug-likeness (QED) is 0.848. The van der Waals surface area contributed by atoms with Crippen molar-refractivity contribution in [3.63, 3.8) is 0 Å². The zero-order chi connectivity index (χ0) is 12.8. The van der Waals surface area contributed by atoms with Gasteiger partial charge in [-0.05, 0) is 12.1 Å². The second kappa shape index (κ2) is 6.49. The molecule has 17 heavy (non-hydrogen) atoms. The molecule has 0 radical (unpaired) electrons. The summed E-state index contributed by atoms with van der Waals surface area (Å²) in [5.74, 6) is 0.828. The molecule has 5 heteroatoms. The van der Waals surface area contributed by atoms with Gasteiger partial charge in [0.05, 0.1) is 19.8 Å². The van der Waals surface area contributed by atoms with Gasteiger partial charge in [-0.1, -0.05) is 28.9 Å². The molecule has 1 N–H and O–H groups in total. The third-order valence-electron chi connectivity index (χ3n) is 2.19. The summed E-state index contributed by atoms with van der Waals surface area (Å²) in [5, 5.41) is 2.80. The van der Waals surface area contributed by atoms with E-state index >= 15 is 0 Å². The Labute approximate surface area is 109 Å². The summed E-state index contributed by atoms with van der Waals surface area (Å²) >= 11 is 3.37. The van der Waals surface area contributed by atoms with E-state index in [9.17, 15) is 4.79 Å². The highest BCUT2D eigenvalue weighted by Gasteiger charge is 2.16. The van der Waals surface area contributed by atoms with E-state index in [-0.39, 0.29) is 10.7 Å². The minimum Gasteiger partial charge on any atom is -0.493 e. The molecule has 94 valence electrons. The molecule has 1 aromatic rings. The van der Waals surface area contributed by atoms with Crippen molar-refractivity contribution in [1.29, 1.82) is 0 Å². The molecular weight excluding hydrogens is 286 g/mol. The summed E-state index contributed by atoms with van der Waals surface area (Å²) in [5.41, 5.74) is 0.472. The molecule has 0 aliphatic heterocycles. The number of hydrogen-bond donors (Lipinski definition) is 1. The number of hydrogen-bond acceptors (Lipinski definition) is 3. The minimum absolute atomic E-state index is 0.174. The molecule has 0 heterocycles. The number of methoxy groups -OCH3 is 2. The van der Waals surface area contributed by atoms with Crippen LogP contribution in [-0.4, -0.2) is 31.5 Å². The highest BCUT2D eigenvalue weighted by Crippen LogP contribution is 2.30. The van der Waals surface area contributed by atoms with Crippen molar-refractivity contribution >= 4 is 21.8 Å². The van der Waals surface area contributed by atoms with E-state index in [0.29, 0.717) is 23.6 Å². The van der Waals surface area contributed by atoms with Crippen LogP contribution in [0.1, 0.15) is 17.3 Å². The van der Waals surface area contributed by atoms with Gasteiger partial charge >= 0.3 is 0 Å². The van der Waals surface area contributed by atoms with Crippen LogP contribution < -0.4 is 14.8 Å². The lowest BCUT2D eigenvalue weighted by atomic mass is 10.1. The Morgan fingerprint density at radius 3 is 2.65 bits per heavy atom.